The molecule has 2 heterocycles. The molecule has 0 aromatic heterocycles. The molecule has 4 heteroatoms. The molecular formula is C15H21N3O. The van der Waals surface area contributed by atoms with Gasteiger partial charge in [-0.3, -0.25) is 9.69 Å². The number of hydrogen-bond donors (Lipinski definition) is 2. The van der Waals surface area contributed by atoms with Crippen LogP contribution >= 0.6 is 0 Å². The van der Waals surface area contributed by atoms with Crippen LogP contribution in [0.1, 0.15) is 24.1 Å². The molecule has 2 N–H and O–H groups in total. The maximum absolute atomic E-state index is 11.6. The Kier molecular flexibility index (Phi) is 3.53. The summed E-state index contributed by atoms with van der Waals surface area (Å²) in [4.78, 5) is 14.0. The second-order valence-corrected chi connectivity index (χ2v) is 5.40. The molecule has 2 unspecified atom stereocenters. The van der Waals surface area contributed by atoms with Gasteiger partial charge < -0.3 is 10.6 Å². The van der Waals surface area contributed by atoms with Crippen LogP contribution in [0.5, 0.6) is 0 Å². The summed E-state index contributed by atoms with van der Waals surface area (Å²) in [6.45, 7) is 5.34. The predicted octanol–water partition coefficient (Wildman–Crippen LogP) is 0.694. The molecule has 1 aromatic rings. The Morgan fingerprint density at radius 3 is 2.74 bits per heavy atom. The quantitative estimate of drug-likeness (QED) is 0.821. The Labute approximate surface area is 114 Å². The van der Waals surface area contributed by atoms with E-state index in [-0.39, 0.29) is 5.91 Å². The van der Waals surface area contributed by atoms with E-state index in [1.54, 1.807) is 0 Å². The van der Waals surface area contributed by atoms with Crippen molar-refractivity contribution in [1.82, 2.24) is 15.5 Å². The molecule has 2 aliphatic rings. The summed E-state index contributed by atoms with van der Waals surface area (Å²) >= 11 is 0. The maximum atomic E-state index is 11.6. The minimum absolute atomic E-state index is 0.147. The molecule has 102 valence electrons. The van der Waals surface area contributed by atoms with E-state index in [0.29, 0.717) is 18.6 Å². The Morgan fingerprint density at radius 2 is 2.00 bits per heavy atom. The lowest BCUT2D eigenvalue weighted by molar-refractivity contribution is -0.127. The van der Waals surface area contributed by atoms with Crippen molar-refractivity contribution in [3.63, 3.8) is 0 Å². The number of benzene rings is 1. The number of amides is 1. The minimum atomic E-state index is 0.147. The molecule has 0 radical (unpaired) electrons. The summed E-state index contributed by atoms with van der Waals surface area (Å²) in [5.41, 5.74) is 2.67. The molecule has 3 rings (SSSR count). The third-order valence-corrected chi connectivity index (χ3v) is 4.22. The van der Waals surface area contributed by atoms with E-state index in [1.807, 2.05) is 0 Å². The molecular weight excluding hydrogens is 238 g/mol. The van der Waals surface area contributed by atoms with Gasteiger partial charge in [0.15, 0.2) is 0 Å². The van der Waals surface area contributed by atoms with Gasteiger partial charge in [0.2, 0.25) is 5.91 Å². The van der Waals surface area contributed by atoms with Crippen LogP contribution < -0.4 is 10.6 Å². The highest BCUT2D eigenvalue weighted by Gasteiger charge is 2.35. The molecule has 0 bridgehead atoms. The lowest BCUT2D eigenvalue weighted by Gasteiger charge is -2.45. The molecule has 0 saturated carbocycles. The number of piperazine rings is 2. The van der Waals surface area contributed by atoms with Crippen molar-refractivity contribution in [2.24, 2.45) is 0 Å². The minimum Gasteiger partial charge on any atom is -0.353 e. The van der Waals surface area contributed by atoms with Crippen molar-refractivity contribution in [2.45, 2.75) is 25.4 Å². The monoisotopic (exact) mass is 259 g/mol. The highest BCUT2D eigenvalue weighted by Crippen LogP contribution is 2.26. The van der Waals surface area contributed by atoms with Crippen LogP contribution in [0.3, 0.4) is 0 Å². The summed E-state index contributed by atoms with van der Waals surface area (Å²) < 4.78 is 0. The van der Waals surface area contributed by atoms with Crippen LogP contribution in [0.4, 0.5) is 0 Å². The third kappa shape index (κ3) is 2.51. The van der Waals surface area contributed by atoms with Crippen molar-refractivity contribution in [3.05, 3.63) is 35.4 Å². The summed E-state index contributed by atoms with van der Waals surface area (Å²) in [6, 6.07) is 9.55. The van der Waals surface area contributed by atoms with E-state index in [9.17, 15) is 4.79 Å². The van der Waals surface area contributed by atoms with Gasteiger partial charge in [-0.1, -0.05) is 31.2 Å². The van der Waals surface area contributed by atoms with Gasteiger partial charge in [-0.15, -0.1) is 0 Å². The highest BCUT2D eigenvalue weighted by molar-refractivity contribution is 5.79. The first-order chi connectivity index (χ1) is 9.28. The topological polar surface area (TPSA) is 44.4 Å². The van der Waals surface area contributed by atoms with Crippen LogP contribution in [0, 0.1) is 0 Å². The van der Waals surface area contributed by atoms with Crippen LogP contribution in [0.25, 0.3) is 0 Å². The average Bonchev–Trinajstić information content (AvgIpc) is 2.47. The number of rotatable bonds is 2. The van der Waals surface area contributed by atoms with Crippen molar-refractivity contribution in [1.29, 1.82) is 0 Å². The number of fused-ring (bicyclic) bond motifs is 1. The van der Waals surface area contributed by atoms with Crippen molar-refractivity contribution >= 4 is 5.91 Å². The Balaban J connectivity index is 1.82. The average molecular weight is 259 g/mol. The molecule has 0 spiro atoms. The number of nitrogens with one attached hydrogen (secondary N) is 2. The number of nitrogens with zero attached hydrogens (tertiary/aromatic N) is 1. The lowest BCUT2D eigenvalue weighted by Crippen LogP contribution is -2.62. The van der Waals surface area contributed by atoms with Gasteiger partial charge in [0.05, 0.1) is 6.54 Å². The maximum Gasteiger partial charge on any atom is 0.234 e. The van der Waals surface area contributed by atoms with Gasteiger partial charge in [-0.2, -0.15) is 0 Å². The zero-order valence-electron chi connectivity index (χ0n) is 11.4. The predicted molar refractivity (Wildman–Crippen MR) is 74.9 cm³/mol. The molecule has 2 aliphatic heterocycles. The summed E-state index contributed by atoms with van der Waals surface area (Å²) in [7, 11) is 0. The van der Waals surface area contributed by atoms with E-state index >= 15 is 0 Å². The molecule has 1 amide bonds. The zero-order chi connectivity index (χ0) is 13.2. The summed E-state index contributed by atoms with van der Waals surface area (Å²) in [5, 5.41) is 6.43. The molecule has 19 heavy (non-hydrogen) atoms. The number of carbonyl (C=O) groups excluding carboxylic acids is 1. The molecule has 2 saturated heterocycles. The van der Waals surface area contributed by atoms with Crippen LogP contribution in [-0.4, -0.2) is 43.0 Å². The van der Waals surface area contributed by atoms with Gasteiger partial charge in [-0.05, 0) is 17.5 Å². The van der Waals surface area contributed by atoms with Crippen molar-refractivity contribution in [2.75, 3.05) is 26.2 Å². The van der Waals surface area contributed by atoms with Gasteiger partial charge in [0.25, 0.3) is 0 Å². The van der Waals surface area contributed by atoms with Gasteiger partial charge >= 0.3 is 0 Å². The fraction of sp³-hybridized carbons (Fsp3) is 0.533. The van der Waals surface area contributed by atoms with E-state index in [4.69, 9.17) is 0 Å². The molecule has 4 nitrogen and oxygen atoms in total. The fourth-order valence-corrected chi connectivity index (χ4v) is 3.04. The van der Waals surface area contributed by atoms with E-state index in [2.05, 4.69) is 46.7 Å². The third-order valence-electron chi connectivity index (χ3n) is 4.22. The smallest absolute Gasteiger partial charge is 0.234 e. The second-order valence-electron chi connectivity index (χ2n) is 5.40. The Hall–Kier alpha value is -1.39. The van der Waals surface area contributed by atoms with E-state index < -0.39 is 0 Å². The van der Waals surface area contributed by atoms with Crippen LogP contribution in [0.2, 0.25) is 0 Å². The number of carbonyl (C=O) groups is 1. The van der Waals surface area contributed by atoms with Gasteiger partial charge in [-0.25, -0.2) is 0 Å². The second kappa shape index (κ2) is 5.31. The van der Waals surface area contributed by atoms with E-state index in [1.165, 1.54) is 11.1 Å². The summed E-state index contributed by atoms with van der Waals surface area (Å²) in [6.07, 6.45) is 1.07. The summed E-state index contributed by atoms with van der Waals surface area (Å²) in [5.74, 6) is 0.147. The Morgan fingerprint density at radius 1 is 1.21 bits per heavy atom. The van der Waals surface area contributed by atoms with Crippen molar-refractivity contribution in [3.8, 4) is 0 Å². The van der Waals surface area contributed by atoms with Crippen LogP contribution in [-0.2, 0) is 11.2 Å². The largest absolute Gasteiger partial charge is 0.353 e. The highest BCUT2D eigenvalue weighted by atomic mass is 16.2. The molecule has 2 fully saturated rings. The zero-order valence-corrected chi connectivity index (χ0v) is 11.4. The standard InChI is InChI=1S/C15H21N3O/c1-2-11-3-5-12(6-4-11)14-9-16-7-13-8-17-15(19)10-18(13)14/h3-6,13-14,16H,2,7-10H2,1H3,(H,17,19). The van der Waals surface area contributed by atoms with Gasteiger partial charge in [0.1, 0.15) is 0 Å². The van der Waals surface area contributed by atoms with Gasteiger partial charge in [0, 0.05) is 31.7 Å². The number of aryl methyl sites for hydroxylation is 1. The normalized spacial score (nSPS) is 27.7. The van der Waals surface area contributed by atoms with Crippen LogP contribution in [0.15, 0.2) is 24.3 Å². The van der Waals surface area contributed by atoms with Crippen molar-refractivity contribution < 1.29 is 4.79 Å². The first-order valence-corrected chi connectivity index (χ1v) is 7.10. The fourth-order valence-electron chi connectivity index (χ4n) is 3.04. The number of hydrogen-bond acceptors (Lipinski definition) is 3. The molecule has 0 aliphatic carbocycles. The first kappa shape index (κ1) is 12.6. The lowest BCUT2D eigenvalue weighted by atomic mass is 9.97. The molecule has 1 aromatic carbocycles. The SMILES string of the molecule is CCc1ccc(C2CNCC3CNC(=O)CN32)cc1. The first-order valence-electron chi connectivity index (χ1n) is 7.10. The Bertz CT molecular complexity index is 457. The van der Waals surface area contributed by atoms with E-state index in [0.717, 1.165) is 26.1 Å². The molecule has 2 atom stereocenters.